The highest BCUT2D eigenvalue weighted by Crippen LogP contribution is 2.36. The number of benzene rings is 1. The maximum Gasteiger partial charge on any atom is 0.428 e. The molecule has 120 valence electrons. The van der Waals surface area contributed by atoms with Gasteiger partial charge in [0.15, 0.2) is 5.78 Å². The van der Waals surface area contributed by atoms with E-state index < -0.39 is 46.1 Å². The van der Waals surface area contributed by atoms with Gasteiger partial charge in [-0.3, -0.25) is 14.9 Å². The third-order valence-corrected chi connectivity index (χ3v) is 2.81. The van der Waals surface area contributed by atoms with Crippen molar-refractivity contribution in [2.45, 2.75) is 18.2 Å². The van der Waals surface area contributed by atoms with E-state index in [4.69, 9.17) is 0 Å². The molecule has 0 aromatic heterocycles. The van der Waals surface area contributed by atoms with Crippen molar-refractivity contribution >= 4 is 17.4 Å². The third-order valence-electron chi connectivity index (χ3n) is 2.81. The molecular formula is C12H10F3NO6. The van der Waals surface area contributed by atoms with Gasteiger partial charge in [0.25, 0.3) is 11.3 Å². The lowest BCUT2D eigenvalue weighted by Crippen LogP contribution is -2.54. The van der Waals surface area contributed by atoms with Gasteiger partial charge in [-0.1, -0.05) is 12.1 Å². The SMILES string of the molecule is COC(=O)[C@@](O)(CC(=O)c1ccccc1[N+](=O)[O-])C(F)(F)F. The molecule has 0 saturated heterocycles. The Balaban J connectivity index is 3.24. The van der Waals surface area contributed by atoms with Crippen LogP contribution in [-0.4, -0.2) is 40.7 Å². The summed E-state index contributed by atoms with van der Waals surface area (Å²) in [6.07, 6.45) is -7.21. The first-order valence-electron chi connectivity index (χ1n) is 5.68. The van der Waals surface area contributed by atoms with E-state index in [0.717, 1.165) is 12.1 Å². The molecule has 1 aromatic rings. The normalized spacial score (nSPS) is 14.0. The first-order chi connectivity index (χ1) is 10.0. The number of ketones is 1. The Morgan fingerprint density at radius 3 is 2.32 bits per heavy atom. The van der Waals surface area contributed by atoms with Crippen LogP contribution in [0.4, 0.5) is 18.9 Å². The molecule has 22 heavy (non-hydrogen) atoms. The molecule has 0 saturated carbocycles. The zero-order valence-corrected chi connectivity index (χ0v) is 11.1. The van der Waals surface area contributed by atoms with Gasteiger partial charge in [-0.25, -0.2) is 4.79 Å². The van der Waals surface area contributed by atoms with E-state index in [1.165, 1.54) is 12.1 Å². The summed E-state index contributed by atoms with van der Waals surface area (Å²) in [6, 6.07) is 4.25. The largest absolute Gasteiger partial charge is 0.467 e. The fourth-order valence-corrected chi connectivity index (χ4v) is 1.65. The second kappa shape index (κ2) is 6.10. The maximum atomic E-state index is 12.8. The highest BCUT2D eigenvalue weighted by Gasteiger charge is 2.61. The molecule has 1 atom stereocenters. The van der Waals surface area contributed by atoms with Crippen LogP contribution in [0, 0.1) is 10.1 Å². The second-order valence-corrected chi connectivity index (χ2v) is 4.22. The fourth-order valence-electron chi connectivity index (χ4n) is 1.65. The van der Waals surface area contributed by atoms with E-state index in [2.05, 4.69) is 4.74 Å². The second-order valence-electron chi connectivity index (χ2n) is 4.22. The van der Waals surface area contributed by atoms with Crippen LogP contribution in [0.3, 0.4) is 0 Å². The van der Waals surface area contributed by atoms with Crippen LogP contribution in [0.25, 0.3) is 0 Å². The molecule has 0 amide bonds. The standard InChI is InChI=1S/C12H10F3NO6/c1-22-10(18)11(19,12(13,14)15)6-9(17)7-4-2-3-5-8(7)16(20)21/h2-5,19H,6H2,1H3/t11-/m0/s1. The number of methoxy groups -OCH3 is 1. The van der Waals surface area contributed by atoms with Crippen LogP contribution in [0.1, 0.15) is 16.8 Å². The number of hydrogen-bond donors (Lipinski definition) is 1. The summed E-state index contributed by atoms with van der Waals surface area (Å²) in [5.41, 5.74) is -5.47. The van der Waals surface area contributed by atoms with Crippen LogP contribution >= 0.6 is 0 Å². The minimum absolute atomic E-state index is 0.606. The predicted octanol–water partition coefficient (Wildman–Crippen LogP) is 1.63. The highest BCUT2D eigenvalue weighted by atomic mass is 19.4. The summed E-state index contributed by atoms with van der Waals surface area (Å²) >= 11 is 0. The van der Waals surface area contributed by atoms with Crippen molar-refractivity contribution in [3.63, 3.8) is 0 Å². The Bertz CT molecular complexity index is 615. The van der Waals surface area contributed by atoms with E-state index >= 15 is 0 Å². The number of nitrogens with zero attached hydrogens (tertiary/aromatic N) is 1. The maximum absolute atomic E-state index is 12.8. The zero-order valence-electron chi connectivity index (χ0n) is 11.1. The van der Waals surface area contributed by atoms with Crippen molar-refractivity contribution < 1.29 is 37.5 Å². The van der Waals surface area contributed by atoms with Crippen molar-refractivity contribution in [2.75, 3.05) is 7.11 Å². The summed E-state index contributed by atoms with van der Waals surface area (Å²) < 4.78 is 42.4. The van der Waals surface area contributed by atoms with E-state index in [1.807, 2.05) is 0 Å². The van der Waals surface area contributed by atoms with Crippen LogP contribution in [0.2, 0.25) is 0 Å². The number of aliphatic hydroxyl groups is 1. The zero-order chi connectivity index (χ0) is 17.1. The molecule has 10 heteroatoms. The molecule has 0 spiro atoms. The Labute approximate surface area is 121 Å². The van der Waals surface area contributed by atoms with Crippen molar-refractivity contribution in [1.82, 2.24) is 0 Å². The van der Waals surface area contributed by atoms with Crippen molar-refractivity contribution in [1.29, 1.82) is 0 Å². The van der Waals surface area contributed by atoms with Crippen LogP contribution < -0.4 is 0 Å². The smallest absolute Gasteiger partial charge is 0.428 e. The van der Waals surface area contributed by atoms with E-state index in [-0.39, 0.29) is 0 Å². The molecule has 1 N–H and O–H groups in total. The topological polar surface area (TPSA) is 107 Å². The minimum atomic E-state index is -5.49. The molecule has 0 fully saturated rings. The van der Waals surface area contributed by atoms with E-state index in [9.17, 15) is 38.0 Å². The average Bonchev–Trinajstić information content (AvgIpc) is 2.44. The molecule has 0 aliphatic rings. The molecule has 7 nitrogen and oxygen atoms in total. The van der Waals surface area contributed by atoms with Gasteiger partial charge in [0.1, 0.15) is 0 Å². The lowest BCUT2D eigenvalue weighted by molar-refractivity contribution is -0.385. The number of halogens is 3. The molecule has 0 aliphatic heterocycles. The van der Waals surface area contributed by atoms with Gasteiger partial charge in [-0.2, -0.15) is 13.2 Å². The summed E-state index contributed by atoms with van der Waals surface area (Å²) in [4.78, 5) is 32.9. The molecule has 1 aromatic carbocycles. The fraction of sp³-hybridized carbons (Fsp3) is 0.333. The van der Waals surface area contributed by atoms with Gasteiger partial charge in [-0.15, -0.1) is 0 Å². The number of carbonyl (C=O) groups excluding carboxylic acids is 2. The summed E-state index contributed by atoms with van der Waals surface area (Å²) in [5.74, 6) is -3.50. The van der Waals surface area contributed by atoms with Gasteiger partial charge < -0.3 is 9.84 Å². The van der Waals surface area contributed by atoms with Crippen LogP contribution in [0.15, 0.2) is 24.3 Å². The van der Waals surface area contributed by atoms with Crippen molar-refractivity contribution in [3.05, 3.63) is 39.9 Å². The lowest BCUT2D eigenvalue weighted by Gasteiger charge is -2.26. The minimum Gasteiger partial charge on any atom is -0.467 e. The number of nitro benzene ring substituents is 1. The number of alkyl halides is 3. The van der Waals surface area contributed by atoms with E-state index in [0.29, 0.717) is 7.11 Å². The number of rotatable bonds is 5. The Kier molecular flexibility index (Phi) is 4.87. The molecule has 0 bridgehead atoms. The Morgan fingerprint density at radius 2 is 1.86 bits per heavy atom. The van der Waals surface area contributed by atoms with Gasteiger partial charge in [0, 0.05) is 6.07 Å². The summed E-state index contributed by atoms with van der Waals surface area (Å²) in [6.45, 7) is 0. The number of Topliss-reactive ketones (excluding diaryl/α,β-unsaturated/α-hetero) is 1. The predicted molar refractivity (Wildman–Crippen MR) is 65.1 cm³/mol. The summed E-state index contributed by atoms with van der Waals surface area (Å²) in [7, 11) is 0.606. The average molecular weight is 321 g/mol. The molecule has 0 heterocycles. The van der Waals surface area contributed by atoms with Crippen LogP contribution in [0.5, 0.6) is 0 Å². The quantitative estimate of drug-likeness (QED) is 0.382. The van der Waals surface area contributed by atoms with Crippen molar-refractivity contribution in [3.8, 4) is 0 Å². The number of hydrogen-bond acceptors (Lipinski definition) is 6. The number of nitro groups is 1. The lowest BCUT2D eigenvalue weighted by atomic mass is 9.92. The van der Waals surface area contributed by atoms with E-state index in [1.54, 1.807) is 0 Å². The van der Waals surface area contributed by atoms with Gasteiger partial charge in [0.2, 0.25) is 0 Å². The molecular weight excluding hydrogens is 311 g/mol. The number of para-hydroxylation sites is 1. The molecule has 0 unspecified atom stereocenters. The van der Waals surface area contributed by atoms with Gasteiger partial charge >= 0.3 is 12.1 Å². The monoisotopic (exact) mass is 321 g/mol. The third kappa shape index (κ3) is 3.22. The van der Waals surface area contributed by atoms with Gasteiger partial charge in [-0.05, 0) is 6.07 Å². The number of ether oxygens (including phenoxy) is 1. The highest BCUT2D eigenvalue weighted by molar-refractivity contribution is 6.03. The molecule has 1 rings (SSSR count). The molecule has 0 radical (unpaired) electrons. The molecule has 0 aliphatic carbocycles. The van der Waals surface area contributed by atoms with Gasteiger partial charge in [0.05, 0.1) is 24.0 Å². The van der Waals surface area contributed by atoms with Crippen LogP contribution in [-0.2, 0) is 9.53 Å². The first kappa shape index (κ1) is 17.6. The number of esters is 1. The number of carbonyl (C=O) groups is 2. The Morgan fingerprint density at radius 1 is 1.32 bits per heavy atom. The summed E-state index contributed by atoms with van der Waals surface area (Å²) in [5, 5.41) is 20.2. The Hall–Kier alpha value is -2.49. The first-order valence-corrected chi connectivity index (χ1v) is 5.68. The van der Waals surface area contributed by atoms with Crippen molar-refractivity contribution in [2.24, 2.45) is 0 Å².